The second-order valence-electron chi connectivity index (χ2n) is 8.85. The molecule has 1 saturated carbocycles. The first kappa shape index (κ1) is 32.9. The van der Waals surface area contributed by atoms with Gasteiger partial charge in [0.25, 0.3) is 0 Å². The lowest BCUT2D eigenvalue weighted by molar-refractivity contribution is -0.220. The molecule has 6 unspecified atom stereocenters. The first-order valence-corrected chi connectivity index (χ1v) is 13.8. The Hall–Kier alpha value is -1.15. The smallest absolute Gasteiger partial charge is 0.462 e. The average Bonchev–Trinajstić information content (AvgIpc) is 2.83. The van der Waals surface area contributed by atoms with Crippen molar-refractivity contribution in [2.75, 3.05) is 13.2 Å². The van der Waals surface area contributed by atoms with Crippen LogP contribution in [-0.4, -0.2) is 98.3 Å². The zero-order valence-corrected chi connectivity index (χ0v) is 21.7. The van der Waals surface area contributed by atoms with Crippen LogP contribution < -0.4 is 0 Å². The monoisotopic (exact) mass is 544 g/mol. The van der Waals surface area contributed by atoms with Crippen molar-refractivity contribution in [1.82, 2.24) is 0 Å². The van der Waals surface area contributed by atoms with Gasteiger partial charge in [0.15, 0.2) is 6.10 Å². The van der Waals surface area contributed by atoms with Gasteiger partial charge in [-0.1, -0.05) is 46.0 Å². The molecule has 0 aromatic carbocycles. The van der Waals surface area contributed by atoms with Crippen LogP contribution in [0, 0.1) is 0 Å². The average molecular weight is 545 g/mol. The summed E-state index contributed by atoms with van der Waals surface area (Å²) < 4.78 is 32.2. The Balaban J connectivity index is 2.69. The highest BCUT2D eigenvalue weighted by Gasteiger charge is 2.51. The number of carbonyl (C=O) groups is 2. The van der Waals surface area contributed by atoms with Crippen molar-refractivity contribution >= 4 is 19.8 Å². The van der Waals surface area contributed by atoms with Crippen molar-refractivity contribution in [3.63, 3.8) is 0 Å². The number of aliphatic hydroxyl groups is 5. The van der Waals surface area contributed by atoms with Crippen LogP contribution in [0.5, 0.6) is 0 Å². The van der Waals surface area contributed by atoms with E-state index in [4.69, 9.17) is 18.5 Å². The molecule has 0 aliphatic heterocycles. The molecule has 0 radical (unpaired) electrons. The molecule has 1 aliphatic rings. The standard InChI is InChI=1S/C22H41O13P/c1-3-5-6-7-8-9-11-16(24)34-14(12-32-15(23)10-4-2)13-33-36(30,31)35-22-20(28)18(26)17(25)19(27)21(22)29/h14,17-22,25-29H,3-13H2,1-2H3,(H,30,31). The molecule has 1 fully saturated rings. The van der Waals surface area contributed by atoms with Gasteiger partial charge < -0.3 is 39.9 Å². The van der Waals surface area contributed by atoms with Crippen LogP contribution in [0.4, 0.5) is 0 Å². The molecular weight excluding hydrogens is 503 g/mol. The highest BCUT2D eigenvalue weighted by atomic mass is 31.2. The maximum atomic E-state index is 12.4. The normalized spacial score (nSPS) is 28.8. The zero-order valence-electron chi connectivity index (χ0n) is 20.8. The third kappa shape index (κ3) is 11.5. The minimum atomic E-state index is -5.06. The molecule has 13 nitrogen and oxygen atoms in total. The first-order chi connectivity index (χ1) is 16.9. The number of phosphoric ester groups is 1. The molecule has 1 aliphatic carbocycles. The Morgan fingerprint density at radius 1 is 0.750 bits per heavy atom. The van der Waals surface area contributed by atoms with Crippen molar-refractivity contribution in [2.45, 2.75) is 114 Å². The molecular formula is C22H41O13P. The van der Waals surface area contributed by atoms with Gasteiger partial charge in [0.2, 0.25) is 0 Å². The molecule has 0 aromatic heterocycles. The Bertz CT molecular complexity index is 689. The minimum absolute atomic E-state index is 0.0946. The molecule has 1 rings (SSSR count). The van der Waals surface area contributed by atoms with Crippen LogP contribution in [0.25, 0.3) is 0 Å². The number of hydrogen-bond donors (Lipinski definition) is 6. The van der Waals surface area contributed by atoms with Crippen LogP contribution in [0.3, 0.4) is 0 Å². The fourth-order valence-electron chi connectivity index (χ4n) is 3.56. The predicted molar refractivity (Wildman–Crippen MR) is 124 cm³/mol. The van der Waals surface area contributed by atoms with Gasteiger partial charge in [0, 0.05) is 12.8 Å². The van der Waals surface area contributed by atoms with Crippen LogP contribution in [0.1, 0.15) is 71.6 Å². The largest absolute Gasteiger partial charge is 0.472 e. The summed E-state index contributed by atoms with van der Waals surface area (Å²) in [6.45, 7) is 2.68. The summed E-state index contributed by atoms with van der Waals surface area (Å²) in [7, 11) is -5.06. The van der Waals surface area contributed by atoms with Gasteiger partial charge in [-0.25, -0.2) is 4.57 Å². The van der Waals surface area contributed by atoms with Crippen molar-refractivity contribution in [3.8, 4) is 0 Å². The van der Waals surface area contributed by atoms with Crippen LogP contribution in [0.15, 0.2) is 0 Å². The van der Waals surface area contributed by atoms with Gasteiger partial charge in [0.05, 0.1) is 6.61 Å². The van der Waals surface area contributed by atoms with E-state index in [-0.39, 0.29) is 12.8 Å². The molecule has 0 saturated heterocycles. The number of carbonyl (C=O) groups excluding carboxylic acids is 2. The molecule has 6 N–H and O–H groups in total. The molecule has 0 amide bonds. The molecule has 0 heterocycles. The van der Waals surface area contributed by atoms with Gasteiger partial charge in [-0.2, -0.15) is 0 Å². The Kier molecular flexibility index (Phi) is 15.2. The number of esters is 2. The number of unbranched alkanes of at least 4 members (excludes halogenated alkanes) is 5. The van der Waals surface area contributed by atoms with Crippen LogP contribution in [-0.2, 0) is 32.7 Å². The van der Waals surface area contributed by atoms with Gasteiger partial charge in [-0.15, -0.1) is 0 Å². The maximum absolute atomic E-state index is 12.4. The lowest BCUT2D eigenvalue weighted by Crippen LogP contribution is -2.64. The lowest BCUT2D eigenvalue weighted by atomic mass is 9.85. The summed E-state index contributed by atoms with van der Waals surface area (Å²) in [5.74, 6) is -1.18. The summed E-state index contributed by atoms with van der Waals surface area (Å²) in [5.41, 5.74) is 0. The first-order valence-electron chi connectivity index (χ1n) is 12.3. The van der Waals surface area contributed by atoms with Crippen molar-refractivity contribution in [3.05, 3.63) is 0 Å². The van der Waals surface area contributed by atoms with Crippen molar-refractivity contribution < 1.29 is 63.1 Å². The summed E-state index contributed by atoms with van der Waals surface area (Å²) in [4.78, 5) is 34.0. The number of rotatable bonds is 17. The number of ether oxygens (including phenoxy) is 2. The molecule has 6 atom stereocenters. The summed E-state index contributed by atoms with van der Waals surface area (Å²) in [6, 6.07) is 0. The maximum Gasteiger partial charge on any atom is 0.472 e. The van der Waals surface area contributed by atoms with E-state index in [9.17, 15) is 44.6 Å². The second kappa shape index (κ2) is 16.6. The zero-order chi connectivity index (χ0) is 27.3. The van der Waals surface area contributed by atoms with E-state index in [2.05, 4.69) is 6.92 Å². The molecule has 212 valence electrons. The Morgan fingerprint density at radius 3 is 1.89 bits per heavy atom. The van der Waals surface area contributed by atoms with Crippen LogP contribution in [0.2, 0.25) is 0 Å². The topological polar surface area (TPSA) is 210 Å². The van der Waals surface area contributed by atoms with E-state index in [1.165, 1.54) is 0 Å². The van der Waals surface area contributed by atoms with E-state index in [1.807, 2.05) is 0 Å². The third-order valence-electron chi connectivity index (χ3n) is 5.67. The molecule has 0 aromatic rings. The highest BCUT2D eigenvalue weighted by molar-refractivity contribution is 7.47. The molecule has 36 heavy (non-hydrogen) atoms. The molecule has 0 spiro atoms. The van der Waals surface area contributed by atoms with E-state index in [1.54, 1.807) is 6.92 Å². The quantitative estimate of drug-likeness (QED) is 0.0828. The second-order valence-corrected chi connectivity index (χ2v) is 10.3. The highest BCUT2D eigenvalue weighted by Crippen LogP contribution is 2.47. The minimum Gasteiger partial charge on any atom is -0.462 e. The van der Waals surface area contributed by atoms with E-state index < -0.39 is 75.7 Å². The Labute approximate surface area is 210 Å². The van der Waals surface area contributed by atoms with E-state index >= 15 is 0 Å². The van der Waals surface area contributed by atoms with Gasteiger partial charge in [-0.3, -0.25) is 18.6 Å². The van der Waals surface area contributed by atoms with Crippen molar-refractivity contribution in [2.24, 2.45) is 0 Å². The van der Waals surface area contributed by atoms with Crippen LogP contribution >= 0.6 is 7.82 Å². The number of phosphoric acid groups is 1. The summed E-state index contributed by atoms with van der Waals surface area (Å²) in [5, 5.41) is 49.0. The van der Waals surface area contributed by atoms with Crippen molar-refractivity contribution in [1.29, 1.82) is 0 Å². The fourth-order valence-corrected chi connectivity index (χ4v) is 4.53. The number of aliphatic hydroxyl groups excluding tert-OH is 5. The van der Waals surface area contributed by atoms with Gasteiger partial charge in [0.1, 0.15) is 43.2 Å². The SMILES string of the molecule is CCCCCCCCC(=O)OC(COC(=O)CCC)COP(=O)(O)OC1C(O)C(O)C(O)C(O)C1O. The summed E-state index contributed by atoms with van der Waals surface area (Å²) in [6.07, 6.45) is -6.72. The fraction of sp³-hybridized carbons (Fsp3) is 0.909. The Morgan fingerprint density at radius 2 is 1.31 bits per heavy atom. The predicted octanol–water partition coefficient (Wildman–Crippen LogP) is 0.312. The van der Waals surface area contributed by atoms with E-state index in [0.717, 1.165) is 32.1 Å². The number of hydrogen-bond acceptors (Lipinski definition) is 12. The van der Waals surface area contributed by atoms with E-state index in [0.29, 0.717) is 12.8 Å². The lowest BCUT2D eigenvalue weighted by Gasteiger charge is -2.41. The third-order valence-corrected chi connectivity index (χ3v) is 6.65. The molecule has 14 heteroatoms. The molecule has 0 bridgehead atoms. The van der Waals surface area contributed by atoms with Gasteiger partial charge >= 0.3 is 19.8 Å². The summed E-state index contributed by atoms with van der Waals surface area (Å²) >= 11 is 0. The van der Waals surface area contributed by atoms with Gasteiger partial charge in [-0.05, 0) is 12.8 Å².